The highest BCUT2D eigenvalue weighted by Crippen LogP contribution is 2.70. The molecule has 0 aromatic carbocycles. The second-order valence-electron chi connectivity index (χ2n) is 17.1. The molecule has 50 heavy (non-hydrogen) atoms. The van der Waals surface area contributed by atoms with Gasteiger partial charge >= 0.3 is 10.4 Å². The van der Waals surface area contributed by atoms with Crippen LogP contribution in [0.25, 0.3) is 0 Å². The molecule has 5 aliphatic rings. The monoisotopic (exact) mass is 738 g/mol. The highest BCUT2D eigenvalue weighted by molar-refractivity contribution is 7.80. The van der Waals surface area contributed by atoms with E-state index in [9.17, 15) is 48.7 Å². The van der Waals surface area contributed by atoms with Crippen LogP contribution in [0.4, 0.5) is 0 Å². The first-order chi connectivity index (χ1) is 23.2. The van der Waals surface area contributed by atoms with Crippen LogP contribution in [0, 0.1) is 52.3 Å². The smallest absolute Gasteiger partial charge is 0.390 e. The topological polar surface area (TPSA) is 233 Å². The lowest BCUT2D eigenvalue weighted by atomic mass is 9.41. The molecule has 15 heteroatoms. The summed E-state index contributed by atoms with van der Waals surface area (Å²) in [6.45, 7) is 10.6. The van der Waals surface area contributed by atoms with Crippen molar-refractivity contribution in [2.24, 2.45) is 52.3 Å². The Labute approximate surface area is 296 Å². The fourth-order valence-electron chi connectivity index (χ4n) is 11.8. The zero-order chi connectivity index (χ0) is 37.1. The van der Waals surface area contributed by atoms with Gasteiger partial charge in [0.15, 0.2) is 6.29 Å². The standard InChI is InChI=1S/C35H62O14S/c1-17(2)19(11-14-47-32-30(41)27(38)22(46-6)16-48-32)8-7-18(3)24-28(39)29(40)31-34(24,5)13-10-23-33(4)12-9-20(36)26(37)25(33)21(15-35(23,31)42)49-50(43,44)45/h17-32,36-42H,7-16H2,1-6H3,(H,43,44,45)/t18-,19-,20+,21+,22-,23-,24+,25+,26+,27+,28-,29-,30-,31-,32-,33-,34-,35+/m1/s1. The molecule has 0 spiro atoms. The molecule has 14 nitrogen and oxygen atoms in total. The second kappa shape index (κ2) is 15.0. The summed E-state index contributed by atoms with van der Waals surface area (Å²) in [6, 6.07) is 0. The Hall–Kier alpha value is -0.530. The molecule has 8 N–H and O–H groups in total. The highest BCUT2D eigenvalue weighted by atomic mass is 32.3. The van der Waals surface area contributed by atoms with Gasteiger partial charge < -0.3 is 50.0 Å². The number of aliphatic hydroxyl groups excluding tert-OH is 6. The maximum atomic E-state index is 12.8. The first-order valence-corrected chi connectivity index (χ1v) is 19.8. The summed E-state index contributed by atoms with van der Waals surface area (Å²) in [6.07, 6.45) is -6.63. The van der Waals surface area contributed by atoms with Gasteiger partial charge in [-0.2, -0.15) is 8.42 Å². The largest absolute Gasteiger partial charge is 0.397 e. The maximum absolute atomic E-state index is 12.8. The molecule has 0 aromatic rings. The lowest BCUT2D eigenvalue weighted by Gasteiger charge is -2.66. The van der Waals surface area contributed by atoms with E-state index in [0.29, 0.717) is 38.2 Å². The van der Waals surface area contributed by atoms with Crippen LogP contribution in [0.15, 0.2) is 0 Å². The number of hydrogen-bond acceptors (Lipinski definition) is 13. The summed E-state index contributed by atoms with van der Waals surface area (Å²) in [5.74, 6) is -2.15. The Morgan fingerprint density at radius 1 is 0.840 bits per heavy atom. The lowest BCUT2D eigenvalue weighted by Crippen LogP contribution is -2.71. The van der Waals surface area contributed by atoms with Crippen molar-refractivity contribution in [2.75, 3.05) is 20.3 Å². The molecular weight excluding hydrogens is 676 g/mol. The van der Waals surface area contributed by atoms with Gasteiger partial charge in [-0.25, -0.2) is 4.18 Å². The van der Waals surface area contributed by atoms with Crippen LogP contribution in [0.2, 0.25) is 0 Å². The van der Waals surface area contributed by atoms with Crippen LogP contribution in [0.5, 0.6) is 0 Å². The maximum Gasteiger partial charge on any atom is 0.397 e. The first-order valence-electron chi connectivity index (χ1n) is 18.4. The van der Waals surface area contributed by atoms with Crippen LogP contribution in [-0.2, 0) is 28.8 Å². The third-order valence-corrected chi connectivity index (χ3v) is 14.7. The minimum atomic E-state index is -5.00. The Morgan fingerprint density at radius 3 is 2.12 bits per heavy atom. The first kappa shape index (κ1) is 40.7. The number of hydrogen-bond donors (Lipinski definition) is 8. The SMILES string of the molecule is CO[C@@H]1CO[C@@H](OCC[C@@H](CC[C@@H](C)[C@H]2[C@@H](O)[C@@H](O)[C@@H]3[C@]2(C)CC[C@@H]2[C@@]4(C)CC[C@H](O)[C@H](O)[C@@H]4[C@@H](OS(=O)(=O)O)C[C@]23O)C(C)C)[C@H](O)[C@H]1O. The van der Waals surface area contributed by atoms with Crippen LogP contribution in [-0.4, -0.2) is 130 Å². The zero-order valence-electron chi connectivity index (χ0n) is 30.2. The van der Waals surface area contributed by atoms with Gasteiger partial charge in [0, 0.05) is 25.4 Å². The quantitative estimate of drug-likeness (QED) is 0.131. The third kappa shape index (κ3) is 7.18. The Balaban J connectivity index is 1.31. The van der Waals surface area contributed by atoms with Crippen molar-refractivity contribution in [3.05, 3.63) is 0 Å². The summed E-state index contributed by atoms with van der Waals surface area (Å²) in [7, 11) is -3.56. The molecule has 0 amide bonds. The van der Waals surface area contributed by atoms with Crippen molar-refractivity contribution in [1.29, 1.82) is 0 Å². The summed E-state index contributed by atoms with van der Waals surface area (Å²) in [5.41, 5.74) is -3.30. The minimum Gasteiger partial charge on any atom is -0.390 e. The van der Waals surface area contributed by atoms with E-state index in [1.807, 2.05) is 13.8 Å². The molecule has 292 valence electrons. The molecule has 4 saturated carbocycles. The van der Waals surface area contributed by atoms with E-state index in [4.69, 9.17) is 18.4 Å². The van der Waals surface area contributed by atoms with Gasteiger partial charge in [-0.3, -0.25) is 4.55 Å². The highest BCUT2D eigenvalue weighted by Gasteiger charge is 2.74. The molecular formula is C35H62O14S. The predicted octanol–water partition coefficient (Wildman–Crippen LogP) is 1.02. The van der Waals surface area contributed by atoms with Gasteiger partial charge in [-0.05, 0) is 78.9 Å². The summed E-state index contributed by atoms with van der Waals surface area (Å²) in [5, 5.41) is 78.6. The minimum absolute atomic E-state index is 0.0648. The van der Waals surface area contributed by atoms with Crippen LogP contribution < -0.4 is 0 Å². The van der Waals surface area contributed by atoms with Crippen LogP contribution in [0.3, 0.4) is 0 Å². The van der Waals surface area contributed by atoms with E-state index in [0.717, 1.165) is 12.8 Å². The molecule has 1 saturated heterocycles. The van der Waals surface area contributed by atoms with Crippen molar-refractivity contribution >= 4 is 10.4 Å². The van der Waals surface area contributed by atoms with Crippen LogP contribution >= 0.6 is 0 Å². The summed E-state index contributed by atoms with van der Waals surface area (Å²) in [4.78, 5) is 0. The van der Waals surface area contributed by atoms with E-state index in [2.05, 4.69) is 20.8 Å². The second-order valence-corrected chi connectivity index (χ2v) is 18.2. The van der Waals surface area contributed by atoms with Gasteiger partial charge in [-0.15, -0.1) is 0 Å². The van der Waals surface area contributed by atoms with E-state index < -0.39 is 99.7 Å². The Morgan fingerprint density at radius 2 is 1.50 bits per heavy atom. The summed E-state index contributed by atoms with van der Waals surface area (Å²) < 4.78 is 55.5. The van der Waals surface area contributed by atoms with Gasteiger partial charge in [0.05, 0.1) is 49.3 Å². The molecule has 4 aliphatic carbocycles. The van der Waals surface area contributed by atoms with Crippen molar-refractivity contribution in [3.8, 4) is 0 Å². The molecule has 1 heterocycles. The van der Waals surface area contributed by atoms with Crippen LogP contribution in [0.1, 0.15) is 86.0 Å². The predicted molar refractivity (Wildman–Crippen MR) is 179 cm³/mol. The van der Waals surface area contributed by atoms with E-state index in [1.165, 1.54) is 7.11 Å². The Kier molecular flexibility index (Phi) is 12.2. The average molecular weight is 739 g/mol. The molecule has 5 fully saturated rings. The molecule has 0 bridgehead atoms. The normalized spacial score (nSPS) is 49.2. The van der Waals surface area contributed by atoms with Gasteiger partial charge in [0.25, 0.3) is 0 Å². The third-order valence-electron chi connectivity index (χ3n) is 14.2. The fraction of sp³-hybridized carbons (Fsp3) is 1.00. The van der Waals surface area contributed by atoms with E-state index >= 15 is 0 Å². The van der Waals surface area contributed by atoms with Gasteiger partial charge in [-0.1, -0.05) is 41.0 Å². The molecule has 18 atom stereocenters. The average Bonchev–Trinajstić information content (AvgIpc) is 3.22. The Bertz CT molecular complexity index is 1270. The number of aliphatic hydroxyl groups is 7. The van der Waals surface area contributed by atoms with E-state index in [1.54, 1.807) is 0 Å². The van der Waals surface area contributed by atoms with Crippen molar-refractivity contribution in [3.63, 3.8) is 0 Å². The number of ether oxygens (including phenoxy) is 3. The van der Waals surface area contributed by atoms with Crippen molar-refractivity contribution < 1.29 is 67.1 Å². The lowest BCUT2D eigenvalue weighted by molar-refractivity contribution is -0.277. The molecule has 0 unspecified atom stereocenters. The van der Waals surface area contributed by atoms with E-state index in [-0.39, 0.29) is 37.2 Å². The molecule has 5 rings (SSSR count). The number of fused-ring (bicyclic) bond motifs is 5. The molecule has 0 aromatic heterocycles. The molecule has 0 radical (unpaired) electrons. The van der Waals surface area contributed by atoms with Gasteiger partial charge in [0.1, 0.15) is 18.3 Å². The van der Waals surface area contributed by atoms with Crippen molar-refractivity contribution in [1.82, 2.24) is 0 Å². The number of rotatable bonds is 12. The molecule has 1 aliphatic heterocycles. The zero-order valence-corrected chi connectivity index (χ0v) is 31.1. The summed E-state index contributed by atoms with van der Waals surface area (Å²) >= 11 is 0. The van der Waals surface area contributed by atoms with Crippen molar-refractivity contribution in [2.45, 2.75) is 147 Å². The number of methoxy groups -OCH3 is 1. The van der Waals surface area contributed by atoms with Gasteiger partial charge in [0.2, 0.25) is 0 Å². The fourth-order valence-corrected chi connectivity index (χ4v) is 12.3.